The zero-order valence-corrected chi connectivity index (χ0v) is 11.0. The van der Waals surface area contributed by atoms with Gasteiger partial charge in [0.2, 0.25) is 0 Å². The lowest BCUT2D eigenvalue weighted by molar-refractivity contribution is 0.274. The molecule has 0 amide bonds. The highest BCUT2D eigenvalue weighted by atomic mass is 32.2. The molecule has 0 aromatic heterocycles. The molecule has 0 radical (unpaired) electrons. The van der Waals surface area contributed by atoms with Crippen LogP contribution < -0.4 is 5.73 Å². The Morgan fingerprint density at radius 1 is 1.12 bits per heavy atom. The van der Waals surface area contributed by atoms with Crippen LogP contribution in [0, 0.1) is 0 Å². The Morgan fingerprint density at radius 2 is 1.76 bits per heavy atom. The minimum atomic E-state index is 0.454. The standard InChI is InChI=1S/C14H20N2S/c15-13-3-1-12(2-4-13)14(5-6-14)11-16-7-9-17-10-8-16/h1-4H,5-11,15H2. The molecule has 1 heterocycles. The fourth-order valence-corrected chi connectivity index (χ4v) is 3.69. The van der Waals surface area contributed by atoms with E-state index in [1.165, 1.54) is 49.5 Å². The van der Waals surface area contributed by atoms with Crippen LogP contribution in [0.4, 0.5) is 5.69 Å². The summed E-state index contributed by atoms with van der Waals surface area (Å²) in [6.45, 7) is 3.78. The number of nitrogens with zero attached hydrogens (tertiary/aromatic N) is 1. The van der Waals surface area contributed by atoms with Gasteiger partial charge in [-0.25, -0.2) is 0 Å². The third-order valence-corrected chi connectivity index (χ3v) is 4.95. The van der Waals surface area contributed by atoms with Gasteiger partial charge >= 0.3 is 0 Å². The van der Waals surface area contributed by atoms with Gasteiger partial charge in [0.25, 0.3) is 0 Å². The Morgan fingerprint density at radius 3 is 2.35 bits per heavy atom. The van der Waals surface area contributed by atoms with Crippen molar-refractivity contribution in [1.29, 1.82) is 0 Å². The first-order valence-corrected chi connectivity index (χ1v) is 7.60. The van der Waals surface area contributed by atoms with Gasteiger partial charge in [-0.1, -0.05) is 12.1 Å². The fourth-order valence-electron chi connectivity index (χ4n) is 2.71. The van der Waals surface area contributed by atoms with Gasteiger partial charge in [0.1, 0.15) is 0 Å². The molecule has 0 unspecified atom stereocenters. The number of nitrogen functional groups attached to an aromatic ring is 1. The van der Waals surface area contributed by atoms with Crippen LogP contribution in [-0.4, -0.2) is 36.0 Å². The molecule has 2 aliphatic rings. The molecule has 0 bridgehead atoms. The highest BCUT2D eigenvalue weighted by Gasteiger charge is 2.45. The Bertz CT molecular complexity index is 378. The minimum absolute atomic E-state index is 0.454. The molecule has 1 aliphatic carbocycles. The molecule has 92 valence electrons. The molecule has 0 atom stereocenters. The highest BCUT2D eigenvalue weighted by Crippen LogP contribution is 2.49. The van der Waals surface area contributed by atoms with Crippen LogP contribution in [0.2, 0.25) is 0 Å². The molecule has 1 aliphatic heterocycles. The lowest BCUT2D eigenvalue weighted by Gasteiger charge is -2.30. The van der Waals surface area contributed by atoms with Crippen LogP contribution in [-0.2, 0) is 5.41 Å². The van der Waals surface area contributed by atoms with E-state index in [4.69, 9.17) is 5.73 Å². The monoisotopic (exact) mass is 248 g/mol. The molecule has 1 aromatic rings. The van der Waals surface area contributed by atoms with E-state index in [-0.39, 0.29) is 0 Å². The second-order valence-electron chi connectivity index (χ2n) is 5.29. The maximum atomic E-state index is 5.76. The molecular weight excluding hydrogens is 228 g/mol. The summed E-state index contributed by atoms with van der Waals surface area (Å²) < 4.78 is 0. The van der Waals surface area contributed by atoms with Gasteiger partial charge in [-0.05, 0) is 30.5 Å². The largest absolute Gasteiger partial charge is 0.399 e. The number of hydrogen-bond acceptors (Lipinski definition) is 3. The Labute approximate surface area is 108 Å². The molecule has 2 nitrogen and oxygen atoms in total. The van der Waals surface area contributed by atoms with Gasteiger partial charge in [-0.15, -0.1) is 0 Å². The van der Waals surface area contributed by atoms with Crippen LogP contribution in [0.1, 0.15) is 18.4 Å². The number of rotatable bonds is 3. The van der Waals surface area contributed by atoms with Crippen molar-refractivity contribution in [1.82, 2.24) is 4.90 Å². The van der Waals surface area contributed by atoms with Crippen molar-refractivity contribution in [2.24, 2.45) is 0 Å². The van der Waals surface area contributed by atoms with Crippen molar-refractivity contribution in [2.75, 3.05) is 36.9 Å². The van der Waals surface area contributed by atoms with Crippen molar-refractivity contribution in [2.45, 2.75) is 18.3 Å². The summed E-state index contributed by atoms with van der Waals surface area (Å²) in [4.78, 5) is 2.64. The summed E-state index contributed by atoms with van der Waals surface area (Å²) in [5.74, 6) is 2.61. The molecule has 2 N–H and O–H groups in total. The van der Waals surface area contributed by atoms with Gasteiger partial charge < -0.3 is 10.6 Å². The third kappa shape index (κ3) is 2.45. The average molecular weight is 248 g/mol. The van der Waals surface area contributed by atoms with Gasteiger partial charge in [-0.2, -0.15) is 11.8 Å². The summed E-state index contributed by atoms with van der Waals surface area (Å²) >= 11 is 2.08. The number of anilines is 1. The van der Waals surface area contributed by atoms with E-state index in [9.17, 15) is 0 Å². The second-order valence-corrected chi connectivity index (χ2v) is 6.52. The lowest BCUT2D eigenvalue weighted by Crippen LogP contribution is -2.38. The van der Waals surface area contributed by atoms with Gasteiger partial charge in [0.05, 0.1) is 0 Å². The van der Waals surface area contributed by atoms with Crippen molar-refractivity contribution >= 4 is 17.4 Å². The van der Waals surface area contributed by atoms with Crippen LogP contribution in [0.3, 0.4) is 0 Å². The van der Waals surface area contributed by atoms with E-state index in [0.29, 0.717) is 5.41 Å². The average Bonchev–Trinajstić information content (AvgIpc) is 3.12. The summed E-state index contributed by atoms with van der Waals surface area (Å²) in [6, 6.07) is 8.53. The van der Waals surface area contributed by atoms with Crippen molar-refractivity contribution < 1.29 is 0 Å². The van der Waals surface area contributed by atoms with E-state index in [1.54, 1.807) is 0 Å². The molecule has 17 heavy (non-hydrogen) atoms. The maximum absolute atomic E-state index is 5.76. The summed E-state index contributed by atoms with van der Waals surface area (Å²) in [6.07, 6.45) is 2.70. The van der Waals surface area contributed by atoms with Crippen LogP contribution in [0.25, 0.3) is 0 Å². The third-order valence-electron chi connectivity index (χ3n) is 4.01. The Hall–Kier alpha value is -0.670. The summed E-state index contributed by atoms with van der Waals surface area (Å²) in [7, 11) is 0. The molecular formula is C14H20N2S. The molecule has 1 aromatic carbocycles. The van der Waals surface area contributed by atoms with Crippen molar-refractivity contribution in [3.05, 3.63) is 29.8 Å². The molecule has 0 spiro atoms. The number of benzene rings is 1. The summed E-state index contributed by atoms with van der Waals surface area (Å²) in [5, 5.41) is 0. The minimum Gasteiger partial charge on any atom is -0.399 e. The number of nitrogens with two attached hydrogens (primary N) is 1. The SMILES string of the molecule is Nc1ccc(C2(CN3CCSCC3)CC2)cc1. The zero-order valence-electron chi connectivity index (χ0n) is 10.2. The van der Waals surface area contributed by atoms with E-state index >= 15 is 0 Å². The van der Waals surface area contributed by atoms with E-state index in [1.807, 2.05) is 12.1 Å². The van der Waals surface area contributed by atoms with Crippen molar-refractivity contribution in [3.8, 4) is 0 Å². The van der Waals surface area contributed by atoms with Gasteiger partial charge in [0, 0.05) is 42.2 Å². The van der Waals surface area contributed by atoms with Gasteiger partial charge in [0.15, 0.2) is 0 Å². The predicted molar refractivity (Wildman–Crippen MR) is 75.5 cm³/mol. The first-order valence-electron chi connectivity index (χ1n) is 6.45. The quantitative estimate of drug-likeness (QED) is 0.833. The van der Waals surface area contributed by atoms with Crippen LogP contribution in [0.5, 0.6) is 0 Å². The molecule has 3 rings (SSSR count). The highest BCUT2D eigenvalue weighted by molar-refractivity contribution is 7.99. The predicted octanol–water partition coefficient (Wildman–Crippen LogP) is 2.35. The van der Waals surface area contributed by atoms with E-state index in [0.717, 1.165) is 5.69 Å². The normalized spacial score (nSPS) is 23.5. The molecule has 1 saturated heterocycles. The Balaban J connectivity index is 1.70. The molecule has 2 fully saturated rings. The smallest absolute Gasteiger partial charge is 0.0314 e. The molecule has 3 heteroatoms. The van der Waals surface area contributed by atoms with Crippen LogP contribution in [0.15, 0.2) is 24.3 Å². The topological polar surface area (TPSA) is 29.3 Å². The van der Waals surface area contributed by atoms with Crippen molar-refractivity contribution in [3.63, 3.8) is 0 Å². The second kappa shape index (κ2) is 4.54. The number of thioether (sulfide) groups is 1. The van der Waals surface area contributed by atoms with E-state index in [2.05, 4.69) is 28.8 Å². The zero-order chi connectivity index (χ0) is 11.7. The lowest BCUT2D eigenvalue weighted by atomic mass is 9.95. The fraction of sp³-hybridized carbons (Fsp3) is 0.571. The first kappa shape index (κ1) is 11.4. The summed E-state index contributed by atoms with van der Waals surface area (Å²) in [5.41, 5.74) is 8.58. The first-order chi connectivity index (χ1) is 8.28. The van der Waals surface area contributed by atoms with Crippen LogP contribution >= 0.6 is 11.8 Å². The Kier molecular flexibility index (Phi) is 3.05. The molecule has 1 saturated carbocycles. The van der Waals surface area contributed by atoms with Gasteiger partial charge in [-0.3, -0.25) is 0 Å². The maximum Gasteiger partial charge on any atom is 0.0314 e. The van der Waals surface area contributed by atoms with E-state index < -0.39 is 0 Å². The number of hydrogen-bond donors (Lipinski definition) is 1.